The van der Waals surface area contributed by atoms with Crippen LogP contribution in [-0.4, -0.2) is 26.0 Å². The Balaban J connectivity index is 2.23. The number of aliphatic carboxylic acids is 1. The quantitative estimate of drug-likeness (QED) is 0.831. The topological polar surface area (TPSA) is 76.0 Å². The molecule has 16 heavy (non-hydrogen) atoms. The highest BCUT2D eigenvalue weighted by Crippen LogP contribution is 2.12. The van der Waals surface area contributed by atoms with Crippen LogP contribution in [0.2, 0.25) is 0 Å². The SMILES string of the molecule is O=C(O)Cc1cnc(-c2ccncc2)nc1. The van der Waals surface area contributed by atoms with Crippen molar-refractivity contribution in [2.24, 2.45) is 0 Å². The third-order valence-corrected chi connectivity index (χ3v) is 2.00. The molecule has 0 amide bonds. The van der Waals surface area contributed by atoms with Gasteiger partial charge in [-0.2, -0.15) is 0 Å². The second-order valence-corrected chi connectivity index (χ2v) is 3.22. The van der Waals surface area contributed by atoms with Gasteiger partial charge in [0, 0.05) is 30.4 Å². The molecule has 0 aromatic carbocycles. The maximum Gasteiger partial charge on any atom is 0.307 e. The van der Waals surface area contributed by atoms with Crippen molar-refractivity contribution in [2.45, 2.75) is 6.42 Å². The van der Waals surface area contributed by atoms with Gasteiger partial charge in [-0.3, -0.25) is 9.78 Å². The van der Waals surface area contributed by atoms with E-state index in [1.54, 1.807) is 24.5 Å². The summed E-state index contributed by atoms with van der Waals surface area (Å²) in [5.74, 6) is -0.322. The number of aromatic nitrogens is 3. The number of nitrogens with zero attached hydrogens (tertiary/aromatic N) is 3. The second-order valence-electron chi connectivity index (χ2n) is 3.22. The summed E-state index contributed by atoms with van der Waals surface area (Å²) >= 11 is 0. The Kier molecular flexibility index (Phi) is 2.86. The van der Waals surface area contributed by atoms with E-state index in [2.05, 4.69) is 15.0 Å². The number of rotatable bonds is 3. The van der Waals surface area contributed by atoms with Crippen LogP contribution in [0, 0.1) is 0 Å². The summed E-state index contributed by atoms with van der Waals surface area (Å²) in [4.78, 5) is 22.6. The number of hydrogen-bond acceptors (Lipinski definition) is 4. The molecule has 1 N–H and O–H groups in total. The van der Waals surface area contributed by atoms with Crippen LogP contribution in [0.25, 0.3) is 11.4 Å². The van der Waals surface area contributed by atoms with E-state index in [1.165, 1.54) is 12.4 Å². The van der Waals surface area contributed by atoms with Gasteiger partial charge in [-0.25, -0.2) is 9.97 Å². The molecule has 0 fully saturated rings. The molecule has 0 aliphatic rings. The van der Waals surface area contributed by atoms with Gasteiger partial charge < -0.3 is 5.11 Å². The molecular formula is C11H9N3O2. The van der Waals surface area contributed by atoms with E-state index in [0.717, 1.165) is 5.56 Å². The fraction of sp³-hybridized carbons (Fsp3) is 0.0909. The second kappa shape index (κ2) is 4.48. The minimum absolute atomic E-state index is 0.0589. The van der Waals surface area contributed by atoms with Crippen LogP contribution in [0.15, 0.2) is 36.9 Å². The third-order valence-electron chi connectivity index (χ3n) is 2.00. The Labute approximate surface area is 91.8 Å². The number of carbonyl (C=O) groups is 1. The number of carboxylic acids is 1. The summed E-state index contributed by atoms with van der Waals surface area (Å²) < 4.78 is 0. The molecule has 5 heteroatoms. The van der Waals surface area contributed by atoms with Gasteiger partial charge in [0.1, 0.15) is 0 Å². The minimum Gasteiger partial charge on any atom is -0.481 e. The fourth-order valence-corrected chi connectivity index (χ4v) is 1.27. The molecule has 5 nitrogen and oxygen atoms in total. The summed E-state index contributed by atoms with van der Waals surface area (Å²) in [6.07, 6.45) is 6.30. The molecule has 2 aromatic heterocycles. The van der Waals surface area contributed by atoms with Crippen molar-refractivity contribution in [3.05, 3.63) is 42.5 Å². The Morgan fingerprint density at radius 1 is 1.19 bits per heavy atom. The molecule has 0 radical (unpaired) electrons. The van der Waals surface area contributed by atoms with E-state index in [0.29, 0.717) is 11.4 Å². The normalized spacial score (nSPS) is 10.0. The van der Waals surface area contributed by atoms with E-state index in [4.69, 9.17) is 5.11 Å². The molecule has 0 atom stereocenters. The molecule has 0 saturated heterocycles. The van der Waals surface area contributed by atoms with Gasteiger partial charge in [0.25, 0.3) is 0 Å². The molecule has 2 rings (SSSR count). The predicted molar refractivity (Wildman–Crippen MR) is 56.6 cm³/mol. The lowest BCUT2D eigenvalue weighted by molar-refractivity contribution is -0.136. The smallest absolute Gasteiger partial charge is 0.307 e. The summed E-state index contributed by atoms with van der Waals surface area (Å²) in [7, 11) is 0. The van der Waals surface area contributed by atoms with E-state index < -0.39 is 5.97 Å². The van der Waals surface area contributed by atoms with Crippen molar-refractivity contribution < 1.29 is 9.90 Å². The fourth-order valence-electron chi connectivity index (χ4n) is 1.27. The average Bonchev–Trinajstić information content (AvgIpc) is 2.30. The molecule has 0 saturated carbocycles. The number of pyridine rings is 1. The van der Waals surface area contributed by atoms with Gasteiger partial charge in [0.15, 0.2) is 5.82 Å². The summed E-state index contributed by atoms with van der Waals surface area (Å²) in [6, 6.07) is 3.60. The van der Waals surface area contributed by atoms with Gasteiger partial charge in [-0.05, 0) is 17.7 Å². The lowest BCUT2D eigenvalue weighted by Crippen LogP contribution is -2.01. The summed E-state index contributed by atoms with van der Waals surface area (Å²) in [5, 5.41) is 8.59. The molecule has 0 aliphatic carbocycles. The first-order valence-electron chi connectivity index (χ1n) is 4.69. The zero-order valence-corrected chi connectivity index (χ0v) is 8.37. The van der Waals surface area contributed by atoms with Crippen LogP contribution in [0.1, 0.15) is 5.56 Å². The van der Waals surface area contributed by atoms with Crippen molar-refractivity contribution in [1.82, 2.24) is 15.0 Å². The summed E-state index contributed by atoms with van der Waals surface area (Å²) in [6.45, 7) is 0. The Morgan fingerprint density at radius 2 is 1.81 bits per heavy atom. The van der Waals surface area contributed by atoms with Gasteiger partial charge in [0.05, 0.1) is 6.42 Å². The maximum atomic E-state index is 10.5. The van der Waals surface area contributed by atoms with Crippen molar-refractivity contribution in [2.75, 3.05) is 0 Å². The van der Waals surface area contributed by atoms with Crippen LogP contribution in [-0.2, 0) is 11.2 Å². The molecule has 2 aromatic rings. The molecule has 0 unspecified atom stereocenters. The molecule has 2 heterocycles. The number of carboxylic acid groups (broad SMARTS) is 1. The van der Waals surface area contributed by atoms with Crippen LogP contribution >= 0.6 is 0 Å². The molecule has 0 bridgehead atoms. The van der Waals surface area contributed by atoms with Gasteiger partial charge in [-0.15, -0.1) is 0 Å². The van der Waals surface area contributed by atoms with Crippen molar-refractivity contribution in [3.63, 3.8) is 0 Å². The van der Waals surface area contributed by atoms with E-state index >= 15 is 0 Å². The first-order chi connectivity index (χ1) is 7.75. The Hall–Kier alpha value is -2.30. The highest BCUT2D eigenvalue weighted by Gasteiger charge is 2.03. The van der Waals surface area contributed by atoms with E-state index in [1.807, 2.05) is 0 Å². The summed E-state index contributed by atoms with van der Waals surface area (Å²) in [5.41, 5.74) is 1.45. The Morgan fingerprint density at radius 3 is 2.38 bits per heavy atom. The lowest BCUT2D eigenvalue weighted by Gasteiger charge is -2.00. The highest BCUT2D eigenvalue weighted by molar-refractivity contribution is 5.70. The number of hydrogen-bond donors (Lipinski definition) is 1. The van der Waals surface area contributed by atoms with E-state index in [9.17, 15) is 4.79 Å². The van der Waals surface area contributed by atoms with Crippen molar-refractivity contribution >= 4 is 5.97 Å². The zero-order chi connectivity index (χ0) is 11.4. The van der Waals surface area contributed by atoms with Crippen molar-refractivity contribution in [1.29, 1.82) is 0 Å². The van der Waals surface area contributed by atoms with E-state index in [-0.39, 0.29) is 6.42 Å². The van der Waals surface area contributed by atoms with Crippen LogP contribution in [0.3, 0.4) is 0 Å². The van der Waals surface area contributed by atoms with Gasteiger partial charge in [-0.1, -0.05) is 0 Å². The van der Waals surface area contributed by atoms with Crippen LogP contribution in [0.4, 0.5) is 0 Å². The predicted octanol–water partition coefficient (Wildman–Crippen LogP) is 1.17. The first kappa shape index (κ1) is 10.2. The van der Waals surface area contributed by atoms with Crippen LogP contribution in [0.5, 0.6) is 0 Å². The molecular weight excluding hydrogens is 206 g/mol. The van der Waals surface area contributed by atoms with Crippen molar-refractivity contribution in [3.8, 4) is 11.4 Å². The maximum absolute atomic E-state index is 10.5. The lowest BCUT2D eigenvalue weighted by atomic mass is 10.2. The largest absolute Gasteiger partial charge is 0.481 e. The van der Waals surface area contributed by atoms with Gasteiger partial charge in [0.2, 0.25) is 0 Å². The Bertz CT molecular complexity index is 482. The van der Waals surface area contributed by atoms with Crippen LogP contribution < -0.4 is 0 Å². The molecule has 80 valence electrons. The van der Waals surface area contributed by atoms with Gasteiger partial charge >= 0.3 is 5.97 Å². The average molecular weight is 215 g/mol. The zero-order valence-electron chi connectivity index (χ0n) is 8.37. The first-order valence-corrected chi connectivity index (χ1v) is 4.69. The third kappa shape index (κ3) is 2.38. The monoisotopic (exact) mass is 215 g/mol. The minimum atomic E-state index is -0.889. The molecule has 0 aliphatic heterocycles. The molecule has 0 spiro atoms. The standard InChI is InChI=1S/C11H9N3O2/c15-10(16)5-8-6-13-11(14-7-8)9-1-3-12-4-2-9/h1-4,6-7H,5H2,(H,15,16). The highest BCUT2D eigenvalue weighted by atomic mass is 16.4.